The molecule has 6 nitrogen and oxygen atoms in total. The van der Waals surface area contributed by atoms with Crippen molar-refractivity contribution in [1.82, 2.24) is 9.62 Å². The topological polar surface area (TPSA) is 92.5 Å². The normalized spacial score (nSPS) is 15.9. The number of amides is 1. The summed E-state index contributed by atoms with van der Waals surface area (Å²) in [5, 5.41) is 4.42. The van der Waals surface area contributed by atoms with E-state index in [4.69, 9.17) is 5.73 Å². The number of carbonyl (C=O) groups excluding carboxylic acids is 1. The van der Waals surface area contributed by atoms with Crippen molar-refractivity contribution in [3.05, 3.63) is 16.3 Å². The summed E-state index contributed by atoms with van der Waals surface area (Å²) in [6.07, 6.45) is 1.63. The lowest BCUT2D eigenvalue weighted by molar-refractivity contribution is 0.0954. The summed E-state index contributed by atoms with van der Waals surface area (Å²) in [6, 6.07) is 1.52. The molecule has 0 atom stereocenters. The van der Waals surface area contributed by atoms with Gasteiger partial charge in [0.1, 0.15) is 9.77 Å². The van der Waals surface area contributed by atoms with Gasteiger partial charge in [-0.3, -0.25) is 4.79 Å². The molecule has 132 valence electrons. The number of halogens is 1. The molecule has 0 bridgehead atoms. The van der Waals surface area contributed by atoms with Crippen LogP contribution in [0.25, 0.3) is 0 Å². The third kappa shape index (κ3) is 5.33. The van der Waals surface area contributed by atoms with Gasteiger partial charge in [0.05, 0.1) is 0 Å². The Bertz CT molecular complexity index is 601. The van der Waals surface area contributed by atoms with Gasteiger partial charge in [0.15, 0.2) is 0 Å². The molecule has 0 unspecified atom stereocenters. The molecule has 10 heteroatoms. The van der Waals surface area contributed by atoms with Crippen molar-refractivity contribution in [2.75, 3.05) is 37.7 Å². The average Bonchev–Trinajstić information content (AvgIpc) is 3.03. The standard InChI is InChI=1S/C13H21N3O3S3.ClH/c14-4-1-2-5-15-13(17)12-11(3-8-21-12)22(18,19)16-6-9-20-10-7-16;/h3,8H,1-2,4-7,9-10,14H2,(H,15,17);1H. The first-order valence-corrected chi connectivity index (χ1v) is 10.7. The lowest BCUT2D eigenvalue weighted by atomic mass is 10.3. The molecule has 23 heavy (non-hydrogen) atoms. The Morgan fingerprint density at radius 2 is 2.00 bits per heavy atom. The minimum absolute atomic E-state index is 0. The third-order valence-electron chi connectivity index (χ3n) is 3.34. The summed E-state index contributed by atoms with van der Waals surface area (Å²) in [4.78, 5) is 12.6. The Balaban J connectivity index is 0.00000264. The Hall–Kier alpha value is -0.320. The molecule has 0 spiro atoms. The van der Waals surface area contributed by atoms with Crippen molar-refractivity contribution < 1.29 is 13.2 Å². The number of sulfonamides is 1. The number of thioether (sulfide) groups is 1. The fourth-order valence-electron chi connectivity index (χ4n) is 2.14. The van der Waals surface area contributed by atoms with Crippen LogP contribution in [0.3, 0.4) is 0 Å². The maximum Gasteiger partial charge on any atom is 0.262 e. The zero-order valence-corrected chi connectivity index (χ0v) is 16.0. The number of nitrogens with zero attached hydrogens (tertiary/aromatic N) is 1. The number of rotatable bonds is 7. The highest BCUT2D eigenvalue weighted by molar-refractivity contribution is 7.99. The number of hydrogen-bond acceptors (Lipinski definition) is 6. The van der Waals surface area contributed by atoms with Crippen LogP contribution in [0, 0.1) is 0 Å². The van der Waals surface area contributed by atoms with E-state index < -0.39 is 10.0 Å². The van der Waals surface area contributed by atoms with Crippen LogP contribution < -0.4 is 11.1 Å². The van der Waals surface area contributed by atoms with E-state index in [2.05, 4.69) is 5.32 Å². The van der Waals surface area contributed by atoms with Crippen LogP contribution in [0.2, 0.25) is 0 Å². The fourth-order valence-corrected chi connectivity index (χ4v) is 6.04. The van der Waals surface area contributed by atoms with E-state index in [0.29, 0.717) is 26.2 Å². The molecular weight excluding hydrogens is 378 g/mol. The monoisotopic (exact) mass is 399 g/mol. The molecule has 1 aromatic rings. The van der Waals surface area contributed by atoms with E-state index in [-0.39, 0.29) is 28.1 Å². The lowest BCUT2D eigenvalue weighted by Gasteiger charge is -2.25. The van der Waals surface area contributed by atoms with Crippen molar-refractivity contribution in [2.24, 2.45) is 5.73 Å². The van der Waals surface area contributed by atoms with E-state index in [1.807, 2.05) is 0 Å². The molecule has 1 aliphatic heterocycles. The van der Waals surface area contributed by atoms with E-state index in [1.54, 1.807) is 17.1 Å². The molecule has 1 amide bonds. The second kappa shape index (κ2) is 9.85. The zero-order valence-electron chi connectivity index (χ0n) is 12.7. The SMILES string of the molecule is Cl.NCCCCNC(=O)c1sccc1S(=O)(=O)N1CCSCC1. The van der Waals surface area contributed by atoms with Gasteiger partial charge in [-0.15, -0.1) is 23.7 Å². The highest BCUT2D eigenvalue weighted by atomic mass is 35.5. The van der Waals surface area contributed by atoms with Gasteiger partial charge in [0, 0.05) is 31.1 Å². The Kier molecular flexibility index (Phi) is 8.88. The van der Waals surface area contributed by atoms with E-state index in [1.165, 1.54) is 10.4 Å². The fraction of sp³-hybridized carbons (Fsp3) is 0.615. The van der Waals surface area contributed by atoms with E-state index in [9.17, 15) is 13.2 Å². The number of unbranched alkanes of at least 4 members (excludes halogenated alkanes) is 1. The maximum absolute atomic E-state index is 12.7. The first kappa shape index (κ1) is 20.7. The summed E-state index contributed by atoms with van der Waals surface area (Å²) < 4.78 is 26.8. The third-order valence-corrected chi connectivity index (χ3v) is 7.27. The van der Waals surface area contributed by atoms with Crippen LogP contribution >= 0.6 is 35.5 Å². The molecule has 1 aromatic heterocycles. The van der Waals surface area contributed by atoms with Gasteiger partial charge in [-0.2, -0.15) is 16.1 Å². The summed E-state index contributed by atoms with van der Waals surface area (Å²) in [6.45, 7) is 2.09. The second-order valence-electron chi connectivity index (χ2n) is 4.88. The highest BCUT2D eigenvalue weighted by Gasteiger charge is 2.30. The van der Waals surface area contributed by atoms with Crippen LogP contribution in [-0.4, -0.2) is 56.3 Å². The summed E-state index contributed by atoms with van der Waals surface area (Å²) >= 11 is 2.91. The molecule has 2 heterocycles. The predicted molar refractivity (Wildman–Crippen MR) is 98.3 cm³/mol. The summed E-state index contributed by atoms with van der Waals surface area (Å²) in [5.74, 6) is 1.27. The quantitative estimate of drug-likeness (QED) is 0.675. The van der Waals surface area contributed by atoms with Gasteiger partial charge in [0.25, 0.3) is 5.91 Å². The molecule has 2 rings (SSSR count). The van der Waals surface area contributed by atoms with Crippen molar-refractivity contribution >= 4 is 51.4 Å². The molecule has 0 radical (unpaired) electrons. The molecule has 0 saturated carbocycles. The van der Waals surface area contributed by atoms with Gasteiger partial charge < -0.3 is 11.1 Å². The van der Waals surface area contributed by atoms with E-state index >= 15 is 0 Å². The Morgan fingerprint density at radius 3 is 2.65 bits per heavy atom. The van der Waals surface area contributed by atoms with Crippen molar-refractivity contribution in [1.29, 1.82) is 0 Å². The van der Waals surface area contributed by atoms with Crippen molar-refractivity contribution in [3.8, 4) is 0 Å². The zero-order chi connectivity index (χ0) is 16.0. The predicted octanol–water partition coefficient (Wildman–Crippen LogP) is 1.38. The van der Waals surface area contributed by atoms with Crippen LogP contribution in [-0.2, 0) is 10.0 Å². The minimum Gasteiger partial charge on any atom is -0.351 e. The van der Waals surface area contributed by atoms with Crippen LogP contribution in [0.4, 0.5) is 0 Å². The molecular formula is C13H22ClN3O3S3. The number of thiophene rings is 1. The lowest BCUT2D eigenvalue weighted by Crippen LogP contribution is -2.38. The molecule has 0 aliphatic carbocycles. The number of nitrogens with one attached hydrogen (secondary N) is 1. The summed E-state index contributed by atoms with van der Waals surface area (Å²) in [7, 11) is -3.58. The first-order valence-electron chi connectivity index (χ1n) is 7.21. The number of carbonyl (C=O) groups is 1. The van der Waals surface area contributed by atoms with Gasteiger partial charge in [0.2, 0.25) is 10.0 Å². The van der Waals surface area contributed by atoms with Crippen molar-refractivity contribution in [2.45, 2.75) is 17.7 Å². The maximum atomic E-state index is 12.7. The summed E-state index contributed by atoms with van der Waals surface area (Å²) in [5.41, 5.74) is 5.41. The first-order chi connectivity index (χ1) is 10.6. The average molecular weight is 400 g/mol. The van der Waals surface area contributed by atoms with Gasteiger partial charge in [-0.05, 0) is 30.8 Å². The largest absolute Gasteiger partial charge is 0.351 e. The van der Waals surface area contributed by atoms with Crippen LogP contribution in [0.1, 0.15) is 22.5 Å². The van der Waals surface area contributed by atoms with E-state index in [0.717, 1.165) is 35.7 Å². The number of hydrogen-bond donors (Lipinski definition) is 2. The van der Waals surface area contributed by atoms with Gasteiger partial charge in [-0.1, -0.05) is 0 Å². The molecule has 0 aromatic carbocycles. The minimum atomic E-state index is -3.58. The molecule has 3 N–H and O–H groups in total. The van der Waals surface area contributed by atoms with Crippen molar-refractivity contribution in [3.63, 3.8) is 0 Å². The Morgan fingerprint density at radius 1 is 1.30 bits per heavy atom. The van der Waals surface area contributed by atoms with Crippen LogP contribution in [0.5, 0.6) is 0 Å². The molecule has 1 saturated heterocycles. The molecule has 1 aliphatic rings. The van der Waals surface area contributed by atoms with Gasteiger partial charge in [-0.25, -0.2) is 8.42 Å². The Labute approximate surface area is 151 Å². The highest BCUT2D eigenvalue weighted by Crippen LogP contribution is 2.27. The second-order valence-corrected chi connectivity index (χ2v) is 8.93. The molecule has 1 fully saturated rings. The smallest absolute Gasteiger partial charge is 0.262 e. The van der Waals surface area contributed by atoms with Gasteiger partial charge >= 0.3 is 0 Å². The number of nitrogens with two attached hydrogens (primary N) is 1. The van der Waals surface area contributed by atoms with Crippen LogP contribution in [0.15, 0.2) is 16.3 Å².